The van der Waals surface area contributed by atoms with Crippen LogP contribution in [0.15, 0.2) is 42.5 Å². The zero-order chi connectivity index (χ0) is 14.7. The fourth-order valence-corrected chi connectivity index (χ4v) is 1.88. The maximum absolute atomic E-state index is 12.1. The third-order valence-electron chi connectivity index (χ3n) is 2.87. The summed E-state index contributed by atoms with van der Waals surface area (Å²) in [6, 6.07) is 11.5. The molecule has 0 saturated heterocycles. The summed E-state index contributed by atoms with van der Waals surface area (Å²) in [4.78, 5) is 23.1. The molecule has 0 bridgehead atoms. The van der Waals surface area contributed by atoms with Crippen LogP contribution in [0, 0.1) is 6.92 Å². The van der Waals surface area contributed by atoms with Gasteiger partial charge in [-0.15, -0.1) is 0 Å². The van der Waals surface area contributed by atoms with Gasteiger partial charge in [0.1, 0.15) is 0 Å². The van der Waals surface area contributed by atoms with E-state index in [4.69, 9.17) is 17.3 Å². The van der Waals surface area contributed by atoms with E-state index in [-0.39, 0.29) is 5.91 Å². The van der Waals surface area contributed by atoms with Crippen LogP contribution in [-0.4, -0.2) is 11.8 Å². The average molecular weight is 289 g/mol. The van der Waals surface area contributed by atoms with Crippen molar-refractivity contribution in [2.45, 2.75) is 6.92 Å². The highest BCUT2D eigenvalue weighted by Crippen LogP contribution is 2.18. The van der Waals surface area contributed by atoms with Crippen molar-refractivity contribution in [3.63, 3.8) is 0 Å². The summed E-state index contributed by atoms with van der Waals surface area (Å²) < 4.78 is 0. The molecule has 0 aromatic heterocycles. The Kier molecular flexibility index (Phi) is 4.05. The number of rotatable bonds is 3. The maximum atomic E-state index is 12.1. The van der Waals surface area contributed by atoms with E-state index in [0.29, 0.717) is 21.8 Å². The number of nitrogens with one attached hydrogen (secondary N) is 1. The number of primary amides is 1. The molecule has 102 valence electrons. The van der Waals surface area contributed by atoms with E-state index in [1.54, 1.807) is 49.4 Å². The third kappa shape index (κ3) is 3.16. The minimum absolute atomic E-state index is 0.239. The molecule has 3 N–H and O–H groups in total. The fraction of sp³-hybridized carbons (Fsp3) is 0.0667. The molecule has 0 heterocycles. The van der Waals surface area contributed by atoms with Crippen molar-refractivity contribution in [1.29, 1.82) is 0 Å². The Bertz CT molecular complexity index is 666. The molecule has 0 aliphatic rings. The Morgan fingerprint density at radius 2 is 1.65 bits per heavy atom. The molecule has 0 aliphatic heterocycles. The highest BCUT2D eigenvalue weighted by Gasteiger charge is 2.09. The Morgan fingerprint density at radius 1 is 1.05 bits per heavy atom. The molecule has 0 radical (unpaired) electrons. The normalized spacial score (nSPS) is 10.1. The first-order chi connectivity index (χ1) is 9.47. The summed E-state index contributed by atoms with van der Waals surface area (Å²) in [7, 11) is 0. The number of hydrogen-bond acceptors (Lipinski definition) is 2. The van der Waals surface area contributed by atoms with Gasteiger partial charge in [0.05, 0.1) is 0 Å². The van der Waals surface area contributed by atoms with Gasteiger partial charge in [-0.25, -0.2) is 0 Å². The third-order valence-corrected chi connectivity index (χ3v) is 3.12. The smallest absolute Gasteiger partial charge is 0.255 e. The molecule has 0 atom stereocenters. The number of hydrogen-bond donors (Lipinski definition) is 2. The lowest BCUT2D eigenvalue weighted by molar-refractivity contribution is 0.0998. The second-order valence-electron chi connectivity index (χ2n) is 4.35. The zero-order valence-electron chi connectivity index (χ0n) is 10.8. The maximum Gasteiger partial charge on any atom is 0.255 e. The average Bonchev–Trinajstić information content (AvgIpc) is 2.41. The summed E-state index contributed by atoms with van der Waals surface area (Å²) in [5.74, 6) is -0.736. The molecule has 2 aromatic carbocycles. The predicted octanol–water partition coefficient (Wildman–Crippen LogP) is 3.00. The van der Waals surface area contributed by atoms with E-state index in [0.717, 1.165) is 5.56 Å². The van der Waals surface area contributed by atoms with Crippen molar-refractivity contribution in [2.24, 2.45) is 5.73 Å². The number of anilines is 1. The van der Waals surface area contributed by atoms with Crippen LogP contribution in [0.5, 0.6) is 0 Å². The molecule has 0 saturated carbocycles. The Balaban J connectivity index is 2.19. The van der Waals surface area contributed by atoms with Crippen molar-refractivity contribution >= 4 is 29.1 Å². The van der Waals surface area contributed by atoms with Crippen LogP contribution >= 0.6 is 11.6 Å². The fourth-order valence-electron chi connectivity index (χ4n) is 1.75. The van der Waals surface area contributed by atoms with E-state index in [1.807, 2.05) is 0 Å². The van der Waals surface area contributed by atoms with Crippen LogP contribution in [0.2, 0.25) is 5.02 Å². The van der Waals surface area contributed by atoms with Crippen LogP contribution < -0.4 is 11.1 Å². The van der Waals surface area contributed by atoms with Gasteiger partial charge in [-0.05, 0) is 55.0 Å². The van der Waals surface area contributed by atoms with E-state index >= 15 is 0 Å². The number of amides is 2. The van der Waals surface area contributed by atoms with Gasteiger partial charge in [-0.3, -0.25) is 9.59 Å². The van der Waals surface area contributed by atoms with Crippen molar-refractivity contribution in [1.82, 2.24) is 0 Å². The summed E-state index contributed by atoms with van der Waals surface area (Å²) in [6.07, 6.45) is 0. The molecule has 0 unspecified atom stereocenters. The largest absolute Gasteiger partial charge is 0.366 e. The molecule has 0 fully saturated rings. The Morgan fingerprint density at radius 3 is 2.20 bits per heavy atom. The summed E-state index contributed by atoms with van der Waals surface area (Å²) >= 11 is 5.77. The minimum atomic E-state index is -0.497. The first-order valence-corrected chi connectivity index (χ1v) is 6.32. The monoisotopic (exact) mass is 288 g/mol. The van der Waals surface area contributed by atoms with Gasteiger partial charge < -0.3 is 11.1 Å². The van der Waals surface area contributed by atoms with E-state index in [1.165, 1.54) is 0 Å². The van der Waals surface area contributed by atoms with Gasteiger partial charge in [-0.2, -0.15) is 0 Å². The molecular formula is C15H13ClN2O2. The number of carbonyl (C=O) groups excluding carboxylic acids is 2. The summed E-state index contributed by atoms with van der Waals surface area (Å²) in [6.45, 7) is 1.80. The van der Waals surface area contributed by atoms with Crippen LogP contribution in [0.25, 0.3) is 0 Å². The molecule has 0 spiro atoms. The molecule has 4 nitrogen and oxygen atoms in total. The SMILES string of the molecule is Cc1cc(C(N)=O)ccc1NC(=O)c1ccc(Cl)cc1. The van der Waals surface area contributed by atoms with E-state index < -0.39 is 5.91 Å². The lowest BCUT2D eigenvalue weighted by Gasteiger charge is -2.09. The Hall–Kier alpha value is -2.33. The molecule has 2 rings (SSSR count). The van der Waals surface area contributed by atoms with Crippen molar-refractivity contribution in [3.8, 4) is 0 Å². The molecule has 5 heteroatoms. The molecule has 2 amide bonds. The summed E-state index contributed by atoms with van der Waals surface area (Å²) in [5.41, 5.74) is 7.52. The highest BCUT2D eigenvalue weighted by atomic mass is 35.5. The van der Waals surface area contributed by atoms with Gasteiger partial charge in [0, 0.05) is 21.8 Å². The lowest BCUT2D eigenvalue weighted by Crippen LogP contribution is -2.14. The van der Waals surface area contributed by atoms with Crippen molar-refractivity contribution in [3.05, 3.63) is 64.2 Å². The standard InChI is InChI=1S/C15H13ClN2O2/c1-9-8-11(14(17)19)4-7-13(9)18-15(20)10-2-5-12(16)6-3-10/h2-8H,1H3,(H2,17,19)(H,18,20). The molecule has 20 heavy (non-hydrogen) atoms. The zero-order valence-corrected chi connectivity index (χ0v) is 11.6. The minimum Gasteiger partial charge on any atom is -0.366 e. The van der Waals surface area contributed by atoms with Crippen LogP contribution in [0.1, 0.15) is 26.3 Å². The number of nitrogens with two attached hydrogens (primary N) is 1. The van der Waals surface area contributed by atoms with Gasteiger partial charge >= 0.3 is 0 Å². The summed E-state index contributed by atoms with van der Waals surface area (Å²) in [5, 5.41) is 3.35. The number of benzene rings is 2. The quantitative estimate of drug-likeness (QED) is 0.911. The van der Waals surface area contributed by atoms with E-state index in [9.17, 15) is 9.59 Å². The van der Waals surface area contributed by atoms with Gasteiger partial charge in [-0.1, -0.05) is 11.6 Å². The van der Waals surface area contributed by atoms with Gasteiger partial charge in [0.25, 0.3) is 5.91 Å². The predicted molar refractivity (Wildman–Crippen MR) is 79.1 cm³/mol. The first kappa shape index (κ1) is 14.1. The van der Waals surface area contributed by atoms with Gasteiger partial charge in [0.15, 0.2) is 0 Å². The number of carbonyl (C=O) groups is 2. The van der Waals surface area contributed by atoms with Gasteiger partial charge in [0.2, 0.25) is 5.91 Å². The van der Waals surface area contributed by atoms with Crippen molar-refractivity contribution in [2.75, 3.05) is 5.32 Å². The number of halogens is 1. The Labute approximate surface area is 121 Å². The number of aryl methyl sites for hydroxylation is 1. The first-order valence-electron chi connectivity index (χ1n) is 5.95. The highest BCUT2D eigenvalue weighted by molar-refractivity contribution is 6.30. The molecule has 2 aromatic rings. The topological polar surface area (TPSA) is 72.2 Å². The second kappa shape index (κ2) is 5.75. The van der Waals surface area contributed by atoms with Crippen LogP contribution in [0.4, 0.5) is 5.69 Å². The van der Waals surface area contributed by atoms with Crippen LogP contribution in [-0.2, 0) is 0 Å². The second-order valence-corrected chi connectivity index (χ2v) is 4.79. The van der Waals surface area contributed by atoms with Crippen LogP contribution in [0.3, 0.4) is 0 Å². The van der Waals surface area contributed by atoms with E-state index in [2.05, 4.69) is 5.32 Å². The molecular weight excluding hydrogens is 276 g/mol. The van der Waals surface area contributed by atoms with Crippen molar-refractivity contribution < 1.29 is 9.59 Å². The lowest BCUT2D eigenvalue weighted by atomic mass is 10.1. The molecule has 0 aliphatic carbocycles.